The first-order chi connectivity index (χ1) is 10.4. The van der Waals surface area contributed by atoms with Gasteiger partial charge in [-0.05, 0) is 69.7 Å². The Labute approximate surface area is 136 Å². The van der Waals surface area contributed by atoms with Crippen LogP contribution in [0.1, 0.15) is 51.2 Å². The third kappa shape index (κ3) is 5.25. The molecule has 0 fully saturated rings. The first-order valence-electron chi connectivity index (χ1n) is 8.33. The second-order valence-corrected chi connectivity index (χ2v) is 6.23. The highest BCUT2D eigenvalue weighted by atomic mass is 15.1. The molecule has 2 N–H and O–H groups in total. The maximum atomic E-state index is 6.06. The van der Waals surface area contributed by atoms with Gasteiger partial charge in [-0.2, -0.15) is 0 Å². The quantitative estimate of drug-likeness (QED) is 0.497. The van der Waals surface area contributed by atoms with Gasteiger partial charge < -0.3 is 10.6 Å². The predicted molar refractivity (Wildman–Crippen MR) is 101 cm³/mol. The third-order valence-electron chi connectivity index (χ3n) is 4.21. The highest BCUT2D eigenvalue weighted by Crippen LogP contribution is 2.27. The van der Waals surface area contributed by atoms with Gasteiger partial charge in [-0.1, -0.05) is 24.6 Å². The lowest BCUT2D eigenvalue weighted by atomic mass is 10.0. The highest BCUT2D eigenvalue weighted by molar-refractivity contribution is 5.63. The summed E-state index contributed by atoms with van der Waals surface area (Å²) in [5.74, 6) is 0. The zero-order chi connectivity index (χ0) is 16.7. The Kier molecular flexibility index (Phi) is 7.23. The molecule has 0 aliphatic carbocycles. The summed E-state index contributed by atoms with van der Waals surface area (Å²) >= 11 is 0. The summed E-state index contributed by atoms with van der Waals surface area (Å²) in [5.41, 5.74) is 13.3. The molecular weight excluding hydrogens is 268 g/mol. The summed E-state index contributed by atoms with van der Waals surface area (Å²) in [6, 6.07) is 4.36. The Hall–Kier alpha value is -1.70. The van der Waals surface area contributed by atoms with Gasteiger partial charge in [0.05, 0.1) is 0 Å². The van der Waals surface area contributed by atoms with Crippen LogP contribution in [-0.4, -0.2) is 13.1 Å². The minimum atomic E-state index is 0.891. The van der Waals surface area contributed by atoms with Crippen LogP contribution < -0.4 is 10.6 Å². The van der Waals surface area contributed by atoms with Crippen molar-refractivity contribution in [1.29, 1.82) is 0 Å². The fraction of sp³-hybridized carbons (Fsp3) is 0.500. The van der Waals surface area contributed by atoms with Crippen molar-refractivity contribution >= 4 is 11.4 Å². The summed E-state index contributed by atoms with van der Waals surface area (Å²) in [5, 5.41) is 0. The number of rotatable bonds is 9. The van der Waals surface area contributed by atoms with Gasteiger partial charge in [0.15, 0.2) is 0 Å². The van der Waals surface area contributed by atoms with Gasteiger partial charge in [-0.25, -0.2) is 0 Å². The van der Waals surface area contributed by atoms with Crippen molar-refractivity contribution < 1.29 is 0 Å². The van der Waals surface area contributed by atoms with Crippen molar-refractivity contribution in [2.45, 2.75) is 53.4 Å². The van der Waals surface area contributed by atoms with Crippen LogP contribution in [0.15, 0.2) is 36.4 Å². The van der Waals surface area contributed by atoms with Gasteiger partial charge in [0, 0.05) is 24.5 Å². The van der Waals surface area contributed by atoms with Crippen LogP contribution in [0.25, 0.3) is 0 Å². The van der Waals surface area contributed by atoms with Gasteiger partial charge in [0.2, 0.25) is 0 Å². The molecular formula is C20H32N2. The number of allylic oxidation sites excluding steroid dienone is 1. The molecule has 0 saturated carbocycles. The van der Waals surface area contributed by atoms with E-state index in [0.717, 1.165) is 50.0 Å². The van der Waals surface area contributed by atoms with Crippen LogP contribution in [0.2, 0.25) is 0 Å². The first-order valence-corrected chi connectivity index (χ1v) is 8.33. The Morgan fingerprint density at radius 2 is 1.82 bits per heavy atom. The molecule has 2 heteroatoms. The molecule has 0 radical (unpaired) electrons. The number of aryl methyl sites for hydroxylation is 2. The van der Waals surface area contributed by atoms with E-state index >= 15 is 0 Å². The normalized spacial score (nSPS) is 10.5. The highest BCUT2D eigenvalue weighted by Gasteiger charge is 2.11. The molecule has 0 aromatic heterocycles. The van der Waals surface area contributed by atoms with E-state index in [0.29, 0.717) is 0 Å². The Bertz CT molecular complexity index is 529. The third-order valence-corrected chi connectivity index (χ3v) is 4.21. The summed E-state index contributed by atoms with van der Waals surface area (Å²) in [6.07, 6.45) is 4.14. The average molecular weight is 300 g/mol. The molecule has 1 rings (SSSR count). The fourth-order valence-corrected chi connectivity index (χ4v) is 2.59. The van der Waals surface area contributed by atoms with Crippen molar-refractivity contribution in [3.8, 4) is 0 Å². The van der Waals surface area contributed by atoms with Gasteiger partial charge in [-0.3, -0.25) is 0 Å². The molecule has 1 aromatic rings. The molecule has 0 heterocycles. The first kappa shape index (κ1) is 18.3. The average Bonchev–Trinajstić information content (AvgIpc) is 2.48. The maximum absolute atomic E-state index is 6.06. The molecule has 0 amide bonds. The number of benzene rings is 1. The van der Waals surface area contributed by atoms with E-state index in [1.807, 2.05) is 0 Å². The van der Waals surface area contributed by atoms with Crippen molar-refractivity contribution in [2.24, 2.45) is 0 Å². The number of nitrogens with zero attached hydrogens (tertiary/aromatic N) is 1. The van der Waals surface area contributed by atoms with Crippen LogP contribution in [0.3, 0.4) is 0 Å². The molecule has 0 atom stereocenters. The maximum Gasteiger partial charge on any atom is 0.0402 e. The molecule has 0 saturated heterocycles. The molecule has 22 heavy (non-hydrogen) atoms. The van der Waals surface area contributed by atoms with E-state index in [-0.39, 0.29) is 0 Å². The van der Waals surface area contributed by atoms with E-state index in [1.54, 1.807) is 0 Å². The van der Waals surface area contributed by atoms with E-state index in [2.05, 4.69) is 57.9 Å². The summed E-state index contributed by atoms with van der Waals surface area (Å²) in [7, 11) is 0. The summed E-state index contributed by atoms with van der Waals surface area (Å²) < 4.78 is 0. The second kappa shape index (κ2) is 8.67. The lowest BCUT2D eigenvalue weighted by molar-refractivity contribution is 0.767. The van der Waals surface area contributed by atoms with Crippen molar-refractivity contribution in [2.75, 3.05) is 23.7 Å². The number of nitrogens with two attached hydrogens (primary N) is 1. The number of nitrogen functional groups attached to an aromatic ring is 1. The van der Waals surface area contributed by atoms with Crippen LogP contribution in [-0.2, 0) is 6.42 Å². The number of hydrogen-bond donors (Lipinski definition) is 1. The van der Waals surface area contributed by atoms with Crippen molar-refractivity contribution in [3.63, 3.8) is 0 Å². The monoisotopic (exact) mass is 300 g/mol. The van der Waals surface area contributed by atoms with Crippen LogP contribution in [0.5, 0.6) is 0 Å². The molecule has 122 valence electrons. The van der Waals surface area contributed by atoms with Gasteiger partial charge in [0.1, 0.15) is 0 Å². The molecule has 0 bridgehead atoms. The van der Waals surface area contributed by atoms with Crippen molar-refractivity contribution in [3.05, 3.63) is 47.6 Å². The molecule has 0 aliphatic heterocycles. The Morgan fingerprint density at radius 3 is 2.36 bits per heavy atom. The topological polar surface area (TPSA) is 29.3 Å². The van der Waals surface area contributed by atoms with E-state index < -0.39 is 0 Å². The van der Waals surface area contributed by atoms with Crippen molar-refractivity contribution in [1.82, 2.24) is 0 Å². The van der Waals surface area contributed by atoms with E-state index in [9.17, 15) is 0 Å². The zero-order valence-electron chi connectivity index (χ0n) is 14.8. The molecule has 0 spiro atoms. The predicted octanol–water partition coefficient (Wildman–Crippen LogP) is 5.27. The molecule has 0 unspecified atom stereocenters. The minimum Gasteiger partial charge on any atom is -0.399 e. The Morgan fingerprint density at radius 1 is 1.14 bits per heavy atom. The standard InChI is InChI=1S/C20H32N2/c1-7-18-14-19(21)17(6)13-20(18)22(8-2)12-11-16(5)10-9-15(3)4/h13-14H,3,5,7-12,21H2,1-2,4,6H3. The summed E-state index contributed by atoms with van der Waals surface area (Å²) in [4.78, 5) is 2.44. The zero-order valence-corrected chi connectivity index (χ0v) is 14.8. The number of anilines is 2. The smallest absolute Gasteiger partial charge is 0.0402 e. The lowest BCUT2D eigenvalue weighted by Gasteiger charge is -2.27. The molecule has 2 nitrogen and oxygen atoms in total. The largest absolute Gasteiger partial charge is 0.399 e. The van der Waals surface area contributed by atoms with E-state index in [4.69, 9.17) is 5.73 Å². The summed E-state index contributed by atoms with van der Waals surface area (Å²) in [6.45, 7) is 18.8. The van der Waals surface area contributed by atoms with Gasteiger partial charge in [0.25, 0.3) is 0 Å². The van der Waals surface area contributed by atoms with Crippen LogP contribution >= 0.6 is 0 Å². The number of hydrogen-bond acceptors (Lipinski definition) is 2. The van der Waals surface area contributed by atoms with E-state index in [1.165, 1.54) is 22.4 Å². The molecule has 0 aliphatic rings. The van der Waals surface area contributed by atoms with Gasteiger partial charge >= 0.3 is 0 Å². The minimum absolute atomic E-state index is 0.891. The van der Waals surface area contributed by atoms with Gasteiger partial charge in [-0.15, -0.1) is 6.58 Å². The molecule has 1 aromatic carbocycles. The SMILES string of the molecule is C=C(C)CCC(=C)CCN(CC)c1cc(C)c(N)cc1CC. The lowest BCUT2D eigenvalue weighted by Crippen LogP contribution is -2.25. The van der Waals surface area contributed by atoms with Crippen LogP contribution in [0, 0.1) is 6.92 Å². The second-order valence-electron chi connectivity index (χ2n) is 6.23. The van der Waals surface area contributed by atoms with Crippen LogP contribution in [0.4, 0.5) is 11.4 Å². The Balaban J connectivity index is 2.78. The fourth-order valence-electron chi connectivity index (χ4n) is 2.59.